The molecule has 1 aromatic carbocycles. The van der Waals surface area contributed by atoms with Crippen molar-refractivity contribution in [3.05, 3.63) is 29.8 Å². The van der Waals surface area contributed by atoms with Gasteiger partial charge < -0.3 is 15.1 Å². The number of piperidine rings is 1. The van der Waals surface area contributed by atoms with Gasteiger partial charge in [-0.25, -0.2) is 0 Å². The first-order valence-electron chi connectivity index (χ1n) is 7.39. The van der Waals surface area contributed by atoms with Gasteiger partial charge in [-0.2, -0.15) is 0 Å². The zero-order valence-corrected chi connectivity index (χ0v) is 11.8. The van der Waals surface area contributed by atoms with E-state index in [0.29, 0.717) is 19.3 Å². The van der Waals surface area contributed by atoms with Gasteiger partial charge in [0.2, 0.25) is 5.91 Å². The Morgan fingerprint density at radius 3 is 2.85 bits per heavy atom. The molecule has 20 heavy (non-hydrogen) atoms. The predicted octanol–water partition coefficient (Wildman–Crippen LogP) is 2.09. The smallest absolute Gasteiger partial charge is 0.223 e. The molecule has 0 bridgehead atoms. The number of hydrogen-bond acceptors (Lipinski definition) is 3. The number of benzene rings is 1. The average molecular weight is 277 g/mol. The minimum absolute atomic E-state index is 0.131. The normalized spacial score (nSPS) is 19.1. The second-order valence-corrected chi connectivity index (χ2v) is 5.38. The summed E-state index contributed by atoms with van der Waals surface area (Å²) in [4.78, 5) is 14.2. The zero-order valence-electron chi connectivity index (χ0n) is 11.8. The highest BCUT2D eigenvalue weighted by molar-refractivity contribution is 5.77. The van der Waals surface area contributed by atoms with E-state index in [4.69, 9.17) is 5.11 Å². The Labute approximate surface area is 120 Å². The number of nitrogens with zero attached hydrogens (tertiary/aromatic N) is 1. The van der Waals surface area contributed by atoms with Crippen molar-refractivity contribution in [3.8, 4) is 5.75 Å². The topological polar surface area (TPSA) is 60.8 Å². The number of carbonyl (C=O) groups excluding carboxylic acids is 1. The lowest BCUT2D eigenvalue weighted by Gasteiger charge is -2.35. The van der Waals surface area contributed by atoms with E-state index in [2.05, 4.69) is 0 Å². The van der Waals surface area contributed by atoms with Crippen molar-refractivity contribution in [2.24, 2.45) is 0 Å². The number of aliphatic hydroxyl groups excluding tert-OH is 1. The van der Waals surface area contributed by atoms with Crippen molar-refractivity contribution < 1.29 is 15.0 Å². The van der Waals surface area contributed by atoms with Gasteiger partial charge in [0, 0.05) is 25.6 Å². The number of para-hydroxylation sites is 1. The maximum atomic E-state index is 12.3. The van der Waals surface area contributed by atoms with E-state index < -0.39 is 0 Å². The molecular weight excluding hydrogens is 254 g/mol. The Morgan fingerprint density at radius 2 is 2.10 bits per heavy atom. The third-order valence-corrected chi connectivity index (χ3v) is 4.01. The summed E-state index contributed by atoms with van der Waals surface area (Å²) in [6.45, 7) is 0.929. The molecule has 4 heteroatoms. The number of aryl methyl sites for hydroxylation is 1. The molecule has 4 nitrogen and oxygen atoms in total. The third kappa shape index (κ3) is 3.73. The SMILES string of the molecule is O=C(CCc1ccccc1O)N1CCCCC1CCO. The maximum absolute atomic E-state index is 12.3. The minimum Gasteiger partial charge on any atom is -0.508 e. The van der Waals surface area contributed by atoms with Gasteiger partial charge in [-0.15, -0.1) is 0 Å². The van der Waals surface area contributed by atoms with Crippen LogP contribution in [0.1, 0.15) is 37.7 Å². The van der Waals surface area contributed by atoms with Gasteiger partial charge in [0.25, 0.3) is 0 Å². The van der Waals surface area contributed by atoms with Gasteiger partial charge in [-0.05, 0) is 43.7 Å². The molecule has 110 valence electrons. The van der Waals surface area contributed by atoms with Crippen molar-refractivity contribution in [1.29, 1.82) is 0 Å². The van der Waals surface area contributed by atoms with Gasteiger partial charge in [0.05, 0.1) is 0 Å². The highest BCUT2D eigenvalue weighted by Gasteiger charge is 2.25. The molecule has 1 saturated heterocycles. The Kier molecular flexibility index (Phi) is 5.41. The minimum atomic E-state index is 0.131. The van der Waals surface area contributed by atoms with E-state index >= 15 is 0 Å². The first-order chi connectivity index (χ1) is 9.72. The molecule has 1 heterocycles. The lowest BCUT2D eigenvalue weighted by Crippen LogP contribution is -2.44. The lowest BCUT2D eigenvalue weighted by atomic mass is 9.98. The summed E-state index contributed by atoms with van der Waals surface area (Å²) >= 11 is 0. The fourth-order valence-corrected chi connectivity index (χ4v) is 2.89. The second-order valence-electron chi connectivity index (χ2n) is 5.38. The molecule has 0 spiro atoms. The average Bonchev–Trinajstić information content (AvgIpc) is 2.47. The summed E-state index contributed by atoms with van der Waals surface area (Å²) in [6, 6.07) is 7.34. The number of rotatable bonds is 5. The van der Waals surface area contributed by atoms with Crippen molar-refractivity contribution in [2.45, 2.75) is 44.6 Å². The highest BCUT2D eigenvalue weighted by Crippen LogP contribution is 2.22. The summed E-state index contributed by atoms with van der Waals surface area (Å²) in [5, 5.41) is 18.8. The van der Waals surface area contributed by atoms with Crippen molar-refractivity contribution in [3.63, 3.8) is 0 Å². The molecule has 1 amide bonds. The molecule has 1 fully saturated rings. The molecule has 1 unspecified atom stereocenters. The van der Waals surface area contributed by atoms with Crippen LogP contribution in [-0.4, -0.2) is 40.2 Å². The van der Waals surface area contributed by atoms with Crippen LogP contribution < -0.4 is 0 Å². The summed E-state index contributed by atoms with van der Waals surface area (Å²) in [5.41, 5.74) is 0.816. The molecule has 0 radical (unpaired) electrons. The largest absolute Gasteiger partial charge is 0.508 e. The number of likely N-dealkylation sites (tertiary alicyclic amines) is 1. The number of phenolic OH excluding ortho intramolecular Hbond substituents is 1. The van der Waals surface area contributed by atoms with E-state index in [-0.39, 0.29) is 24.3 Å². The van der Waals surface area contributed by atoms with Crippen LogP contribution in [0.2, 0.25) is 0 Å². The predicted molar refractivity (Wildman–Crippen MR) is 77.5 cm³/mol. The van der Waals surface area contributed by atoms with Crippen molar-refractivity contribution in [2.75, 3.05) is 13.2 Å². The molecule has 1 aliphatic rings. The van der Waals surface area contributed by atoms with E-state index in [1.54, 1.807) is 12.1 Å². The van der Waals surface area contributed by atoms with Crippen LogP contribution in [0.3, 0.4) is 0 Å². The van der Waals surface area contributed by atoms with Crippen LogP contribution in [0.15, 0.2) is 24.3 Å². The zero-order chi connectivity index (χ0) is 14.4. The first kappa shape index (κ1) is 14.9. The van der Waals surface area contributed by atoms with Crippen LogP contribution in [0, 0.1) is 0 Å². The van der Waals surface area contributed by atoms with Crippen LogP contribution in [-0.2, 0) is 11.2 Å². The highest BCUT2D eigenvalue weighted by atomic mass is 16.3. The molecule has 1 aromatic rings. The van der Waals surface area contributed by atoms with Crippen molar-refractivity contribution >= 4 is 5.91 Å². The van der Waals surface area contributed by atoms with Crippen LogP contribution >= 0.6 is 0 Å². The molecule has 1 atom stereocenters. The number of carbonyl (C=O) groups is 1. The van der Waals surface area contributed by atoms with E-state index in [1.807, 2.05) is 17.0 Å². The van der Waals surface area contributed by atoms with E-state index in [0.717, 1.165) is 31.4 Å². The summed E-state index contributed by atoms with van der Waals surface area (Å²) < 4.78 is 0. The maximum Gasteiger partial charge on any atom is 0.223 e. The quantitative estimate of drug-likeness (QED) is 0.866. The van der Waals surface area contributed by atoms with Crippen LogP contribution in [0.5, 0.6) is 5.75 Å². The van der Waals surface area contributed by atoms with E-state index in [1.165, 1.54) is 0 Å². The van der Waals surface area contributed by atoms with Gasteiger partial charge in [0.15, 0.2) is 0 Å². The van der Waals surface area contributed by atoms with Gasteiger partial charge >= 0.3 is 0 Å². The van der Waals surface area contributed by atoms with Crippen LogP contribution in [0.4, 0.5) is 0 Å². The molecule has 2 N–H and O–H groups in total. The standard InChI is InChI=1S/C16H23NO3/c18-12-10-14-6-3-4-11-17(14)16(20)9-8-13-5-1-2-7-15(13)19/h1-2,5,7,14,18-19H,3-4,6,8-12H2. The summed E-state index contributed by atoms with van der Waals surface area (Å²) in [6.07, 6.45) is 4.82. The number of aliphatic hydroxyl groups is 1. The molecule has 1 aliphatic heterocycles. The number of amides is 1. The summed E-state index contributed by atoms with van der Waals surface area (Å²) in [5.74, 6) is 0.386. The monoisotopic (exact) mass is 277 g/mol. The van der Waals surface area contributed by atoms with Gasteiger partial charge in [-0.3, -0.25) is 4.79 Å². The first-order valence-corrected chi connectivity index (χ1v) is 7.39. The fourth-order valence-electron chi connectivity index (χ4n) is 2.89. The Hall–Kier alpha value is -1.55. The number of aromatic hydroxyl groups is 1. The van der Waals surface area contributed by atoms with Crippen LogP contribution in [0.25, 0.3) is 0 Å². The molecular formula is C16H23NO3. The molecule has 0 aromatic heterocycles. The Morgan fingerprint density at radius 1 is 1.30 bits per heavy atom. The van der Waals surface area contributed by atoms with E-state index in [9.17, 15) is 9.90 Å². The molecule has 2 rings (SSSR count). The fraction of sp³-hybridized carbons (Fsp3) is 0.562. The van der Waals surface area contributed by atoms with Gasteiger partial charge in [0.1, 0.15) is 5.75 Å². The third-order valence-electron chi connectivity index (χ3n) is 4.01. The Bertz CT molecular complexity index is 445. The van der Waals surface area contributed by atoms with Crippen molar-refractivity contribution in [1.82, 2.24) is 4.90 Å². The van der Waals surface area contributed by atoms with Gasteiger partial charge in [-0.1, -0.05) is 18.2 Å². The molecule has 0 aliphatic carbocycles. The second kappa shape index (κ2) is 7.29. The lowest BCUT2D eigenvalue weighted by molar-refractivity contribution is -0.135. The summed E-state index contributed by atoms with van der Waals surface area (Å²) in [7, 11) is 0. The number of hydrogen-bond donors (Lipinski definition) is 2. The number of phenols is 1. The molecule has 0 saturated carbocycles. The Balaban J connectivity index is 1.91.